The minimum absolute atomic E-state index is 0.310. The van der Waals surface area contributed by atoms with Gasteiger partial charge in [-0.2, -0.15) is 0 Å². The van der Waals surface area contributed by atoms with E-state index in [1.165, 1.54) is 7.11 Å². The molecular weight excluding hydrogens is 318 g/mol. The predicted octanol–water partition coefficient (Wildman–Crippen LogP) is 1.31. The van der Waals surface area contributed by atoms with Gasteiger partial charge in [0.25, 0.3) is 0 Å². The third-order valence-corrected chi connectivity index (χ3v) is 3.13. The van der Waals surface area contributed by atoms with Crippen LogP contribution in [0.2, 0.25) is 0 Å². The van der Waals surface area contributed by atoms with E-state index in [9.17, 15) is 14.7 Å². The Kier molecular flexibility index (Phi) is 3.48. The van der Waals surface area contributed by atoms with E-state index in [4.69, 9.17) is 4.84 Å². The highest BCUT2D eigenvalue weighted by molar-refractivity contribution is 9.10. The summed E-state index contributed by atoms with van der Waals surface area (Å²) in [5.74, 6) is -1.34. The zero-order chi connectivity index (χ0) is 14.2. The van der Waals surface area contributed by atoms with Crippen molar-refractivity contribution in [2.24, 2.45) is 0 Å². The lowest BCUT2D eigenvalue weighted by Gasteiger charge is -2.12. The predicted molar refractivity (Wildman–Crippen MR) is 71.4 cm³/mol. The van der Waals surface area contributed by atoms with Crippen molar-refractivity contribution in [2.75, 3.05) is 14.2 Å². The van der Waals surface area contributed by atoms with E-state index in [1.807, 2.05) is 0 Å². The van der Waals surface area contributed by atoms with Crippen molar-refractivity contribution in [3.8, 4) is 5.75 Å². The Morgan fingerprint density at radius 3 is 2.63 bits per heavy atom. The molecular formula is C12H10BrNO5. The van der Waals surface area contributed by atoms with Crippen molar-refractivity contribution in [3.05, 3.63) is 38.6 Å². The molecule has 0 atom stereocenters. The van der Waals surface area contributed by atoms with Gasteiger partial charge in [0.1, 0.15) is 12.9 Å². The quantitative estimate of drug-likeness (QED) is 0.841. The molecule has 0 aliphatic rings. The first kappa shape index (κ1) is 13.4. The normalized spacial score (nSPS) is 10.5. The van der Waals surface area contributed by atoms with Crippen molar-refractivity contribution in [1.82, 2.24) is 4.73 Å². The molecule has 2 rings (SSSR count). The van der Waals surface area contributed by atoms with Gasteiger partial charge in [0, 0.05) is 9.86 Å². The van der Waals surface area contributed by atoms with Gasteiger partial charge in [-0.15, -0.1) is 4.73 Å². The third-order valence-electron chi connectivity index (χ3n) is 2.64. The molecule has 0 fully saturated rings. The standard InChI is InChI=1S/C12H10BrNO5/c1-18-12(17)9-10(15)7-4-3-6(13)5-8(7)14(19-2)11(9)16/h3-5,15H,1-2H3. The minimum Gasteiger partial charge on any atom is -0.506 e. The van der Waals surface area contributed by atoms with Gasteiger partial charge in [-0.05, 0) is 18.2 Å². The fraction of sp³-hybridized carbons (Fsp3) is 0.167. The van der Waals surface area contributed by atoms with Crippen molar-refractivity contribution in [2.45, 2.75) is 0 Å². The molecule has 0 saturated carbocycles. The molecule has 6 nitrogen and oxygen atoms in total. The molecule has 1 aromatic carbocycles. The summed E-state index contributed by atoms with van der Waals surface area (Å²) in [7, 11) is 2.42. The first-order valence-electron chi connectivity index (χ1n) is 5.21. The van der Waals surface area contributed by atoms with E-state index in [2.05, 4.69) is 20.7 Å². The fourth-order valence-electron chi connectivity index (χ4n) is 1.79. The first-order chi connectivity index (χ1) is 9.01. The highest BCUT2D eigenvalue weighted by Gasteiger charge is 2.23. The van der Waals surface area contributed by atoms with Crippen molar-refractivity contribution < 1.29 is 19.5 Å². The van der Waals surface area contributed by atoms with E-state index in [-0.39, 0.29) is 0 Å². The van der Waals surface area contributed by atoms with Crippen LogP contribution in [0, 0.1) is 0 Å². The number of hydrogen-bond donors (Lipinski definition) is 1. The van der Waals surface area contributed by atoms with Crippen molar-refractivity contribution in [3.63, 3.8) is 0 Å². The monoisotopic (exact) mass is 327 g/mol. The second kappa shape index (κ2) is 4.93. The van der Waals surface area contributed by atoms with Gasteiger partial charge >= 0.3 is 11.5 Å². The molecule has 0 amide bonds. The number of aromatic nitrogens is 1. The number of ether oxygens (including phenoxy) is 1. The number of carbonyl (C=O) groups is 1. The molecule has 0 saturated heterocycles. The van der Waals surface area contributed by atoms with E-state index in [0.29, 0.717) is 15.4 Å². The maximum Gasteiger partial charge on any atom is 0.347 e. The summed E-state index contributed by atoms with van der Waals surface area (Å²) in [5.41, 5.74) is -0.899. The van der Waals surface area contributed by atoms with Gasteiger partial charge in [0.2, 0.25) is 0 Å². The van der Waals surface area contributed by atoms with Crippen LogP contribution < -0.4 is 10.4 Å². The summed E-state index contributed by atoms with van der Waals surface area (Å²) >= 11 is 3.26. The van der Waals surface area contributed by atoms with Crippen LogP contribution in [0.25, 0.3) is 10.9 Å². The Hall–Kier alpha value is -2.02. The second-order valence-electron chi connectivity index (χ2n) is 3.66. The summed E-state index contributed by atoms with van der Waals surface area (Å²) < 4.78 is 6.12. The van der Waals surface area contributed by atoms with Gasteiger partial charge in [-0.1, -0.05) is 15.9 Å². The van der Waals surface area contributed by atoms with Gasteiger partial charge in [0.05, 0.1) is 12.6 Å². The number of carbonyl (C=O) groups excluding carboxylic acids is 1. The Morgan fingerprint density at radius 2 is 2.05 bits per heavy atom. The molecule has 0 aliphatic carbocycles. The number of methoxy groups -OCH3 is 1. The van der Waals surface area contributed by atoms with Crippen LogP contribution in [-0.4, -0.2) is 30.0 Å². The lowest BCUT2D eigenvalue weighted by atomic mass is 10.1. The van der Waals surface area contributed by atoms with Gasteiger partial charge < -0.3 is 14.7 Å². The average Bonchev–Trinajstić information content (AvgIpc) is 2.38. The van der Waals surface area contributed by atoms with Gasteiger partial charge in [-0.25, -0.2) is 4.79 Å². The van der Waals surface area contributed by atoms with Crippen LogP contribution in [0.15, 0.2) is 27.5 Å². The second-order valence-corrected chi connectivity index (χ2v) is 4.57. The van der Waals surface area contributed by atoms with E-state index in [0.717, 1.165) is 11.8 Å². The van der Waals surface area contributed by atoms with Crippen LogP contribution in [0.4, 0.5) is 0 Å². The lowest BCUT2D eigenvalue weighted by Crippen LogP contribution is -2.30. The number of rotatable bonds is 2. The summed E-state index contributed by atoms with van der Waals surface area (Å²) in [6.45, 7) is 0. The topological polar surface area (TPSA) is 77.8 Å². The Bertz CT molecular complexity index is 722. The van der Waals surface area contributed by atoms with E-state index in [1.54, 1.807) is 18.2 Å². The SMILES string of the molecule is COC(=O)c1c(O)c2ccc(Br)cc2n(OC)c1=O. The maximum absolute atomic E-state index is 12.1. The zero-order valence-electron chi connectivity index (χ0n) is 10.1. The Balaban J connectivity index is 2.98. The largest absolute Gasteiger partial charge is 0.506 e. The average molecular weight is 328 g/mol. The Morgan fingerprint density at radius 1 is 1.37 bits per heavy atom. The fourth-order valence-corrected chi connectivity index (χ4v) is 2.14. The summed E-state index contributed by atoms with van der Waals surface area (Å²) in [6, 6.07) is 4.84. The van der Waals surface area contributed by atoms with E-state index < -0.39 is 22.8 Å². The van der Waals surface area contributed by atoms with Crippen LogP contribution in [0.1, 0.15) is 10.4 Å². The number of pyridine rings is 1. The molecule has 100 valence electrons. The molecule has 0 unspecified atom stereocenters. The number of hydrogen-bond acceptors (Lipinski definition) is 5. The Labute approximate surface area is 116 Å². The minimum atomic E-state index is -0.918. The summed E-state index contributed by atoms with van der Waals surface area (Å²) in [5, 5.41) is 10.4. The maximum atomic E-state index is 12.1. The van der Waals surface area contributed by atoms with Gasteiger partial charge in [-0.3, -0.25) is 4.79 Å². The van der Waals surface area contributed by atoms with Crippen LogP contribution >= 0.6 is 15.9 Å². The molecule has 0 bridgehead atoms. The molecule has 2 aromatic rings. The molecule has 1 heterocycles. The van der Waals surface area contributed by atoms with Gasteiger partial charge in [0.15, 0.2) is 5.56 Å². The molecule has 0 radical (unpaired) electrons. The highest BCUT2D eigenvalue weighted by Crippen LogP contribution is 2.28. The molecule has 1 N–H and O–H groups in total. The zero-order valence-corrected chi connectivity index (χ0v) is 11.7. The number of benzene rings is 1. The van der Waals surface area contributed by atoms with Crippen molar-refractivity contribution in [1.29, 1.82) is 0 Å². The summed E-state index contributed by atoms with van der Waals surface area (Å²) in [4.78, 5) is 28.6. The number of aromatic hydroxyl groups is 1. The lowest BCUT2D eigenvalue weighted by molar-refractivity contribution is 0.0589. The van der Waals surface area contributed by atoms with Crippen LogP contribution in [0.3, 0.4) is 0 Å². The van der Waals surface area contributed by atoms with Crippen molar-refractivity contribution >= 4 is 32.8 Å². The molecule has 1 aromatic heterocycles. The molecule has 0 spiro atoms. The van der Waals surface area contributed by atoms with E-state index >= 15 is 0 Å². The number of fused-ring (bicyclic) bond motifs is 1. The molecule has 0 aliphatic heterocycles. The first-order valence-corrected chi connectivity index (χ1v) is 6.00. The molecule has 19 heavy (non-hydrogen) atoms. The summed E-state index contributed by atoms with van der Waals surface area (Å²) in [6.07, 6.45) is 0. The number of esters is 1. The van der Waals surface area contributed by atoms with Crippen LogP contribution in [-0.2, 0) is 4.74 Å². The van der Waals surface area contributed by atoms with Crippen LogP contribution in [0.5, 0.6) is 5.75 Å². The smallest absolute Gasteiger partial charge is 0.347 e. The highest BCUT2D eigenvalue weighted by atomic mass is 79.9. The molecule has 7 heteroatoms. The number of nitrogens with zero attached hydrogens (tertiary/aromatic N) is 1. The number of halogens is 1. The third kappa shape index (κ3) is 2.06.